The van der Waals surface area contributed by atoms with Gasteiger partial charge in [0.15, 0.2) is 11.5 Å². The lowest BCUT2D eigenvalue weighted by atomic mass is 10.1. The van der Waals surface area contributed by atoms with Crippen molar-refractivity contribution in [2.75, 3.05) is 27.3 Å². The zero-order chi connectivity index (χ0) is 17.4. The Hall–Kier alpha value is -2.53. The van der Waals surface area contributed by atoms with E-state index in [9.17, 15) is 4.79 Å². The summed E-state index contributed by atoms with van der Waals surface area (Å²) in [5.74, 6) is 1.10. The highest BCUT2D eigenvalue weighted by atomic mass is 16.5. The van der Waals surface area contributed by atoms with Gasteiger partial charge < -0.3 is 20.1 Å². The Morgan fingerprint density at radius 2 is 1.75 bits per heavy atom. The summed E-state index contributed by atoms with van der Waals surface area (Å²) in [5, 5.41) is 0. The summed E-state index contributed by atoms with van der Waals surface area (Å²) in [6.45, 7) is 1.71. The van der Waals surface area contributed by atoms with Crippen molar-refractivity contribution in [3.63, 3.8) is 0 Å². The Bertz CT molecular complexity index is 659. The fraction of sp³-hybridized carbons (Fsp3) is 0.316. The van der Waals surface area contributed by atoms with Crippen molar-refractivity contribution in [3.8, 4) is 11.5 Å². The van der Waals surface area contributed by atoms with Crippen molar-refractivity contribution in [3.05, 3.63) is 59.7 Å². The van der Waals surface area contributed by atoms with Crippen molar-refractivity contribution in [1.82, 2.24) is 4.90 Å². The van der Waals surface area contributed by atoms with E-state index < -0.39 is 0 Å². The molecule has 128 valence electrons. The van der Waals surface area contributed by atoms with Crippen LogP contribution in [-0.4, -0.2) is 38.1 Å². The molecule has 0 heterocycles. The molecule has 0 unspecified atom stereocenters. The van der Waals surface area contributed by atoms with Gasteiger partial charge in [0.1, 0.15) is 0 Å². The van der Waals surface area contributed by atoms with Gasteiger partial charge in [-0.25, -0.2) is 0 Å². The molecule has 0 saturated carbocycles. The Kier molecular flexibility index (Phi) is 6.63. The van der Waals surface area contributed by atoms with Crippen molar-refractivity contribution < 1.29 is 14.3 Å². The Morgan fingerprint density at radius 3 is 2.38 bits per heavy atom. The molecule has 5 nitrogen and oxygen atoms in total. The average molecular weight is 328 g/mol. The van der Waals surface area contributed by atoms with Crippen LogP contribution in [0.1, 0.15) is 22.3 Å². The third-order valence-electron chi connectivity index (χ3n) is 3.77. The molecule has 0 atom stereocenters. The Balaban J connectivity index is 2.23. The number of methoxy groups -OCH3 is 2. The monoisotopic (exact) mass is 328 g/mol. The van der Waals surface area contributed by atoms with E-state index in [0.717, 1.165) is 12.0 Å². The standard InChI is InChI=1S/C19H24N2O3/c1-23-17-10-9-16(13-18(17)24-2)19(22)21(12-6-11-20)14-15-7-4-3-5-8-15/h3-5,7-10,13H,6,11-12,14,20H2,1-2H3. The van der Waals surface area contributed by atoms with Crippen LogP contribution in [0.3, 0.4) is 0 Å². The summed E-state index contributed by atoms with van der Waals surface area (Å²) >= 11 is 0. The summed E-state index contributed by atoms with van der Waals surface area (Å²) in [6, 6.07) is 15.1. The summed E-state index contributed by atoms with van der Waals surface area (Å²) in [6.07, 6.45) is 0.756. The van der Waals surface area contributed by atoms with Crippen LogP contribution in [0.4, 0.5) is 0 Å². The van der Waals surface area contributed by atoms with Gasteiger partial charge in [0, 0.05) is 18.7 Å². The minimum atomic E-state index is -0.0479. The van der Waals surface area contributed by atoms with E-state index in [1.54, 1.807) is 32.4 Å². The number of hydrogen-bond donors (Lipinski definition) is 1. The number of nitrogens with zero attached hydrogens (tertiary/aromatic N) is 1. The third kappa shape index (κ3) is 4.49. The molecule has 2 N–H and O–H groups in total. The normalized spacial score (nSPS) is 10.3. The van der Waals surface area contributed by atoms with E-state index in [1.807, 2.05) is 35.2 Å². The second kappa shape index (κ2) is 8.93. The van der Waals surface area contributed by atoms with Crippen molar-refractivity contribution in [2.24, 2.45) is 5.73 Å². The van der Waals surface area contributed by atoms with Crippen LogP contribution in [0, 0.1) is 0 Å². The zero-order valence-electron chi connectivity index (χ0n) is 14.2. The van der Waals surface area contributed by atoms with Gasteiger partial charge in [-0.2, -0.15) is 0 Å². The molecule has 0 aliphatic rings. The maximum atomic E-state index is 12.9. The maximum absolute atomic E-state index is 12.9. The number of ether oxygens (including phenoxy) is 2. The first kappa shape index (κ1) is 17.8. The second-order valence-electron chi connectivity index (χ2n) is 5.42. The highest BCUT2D eigenvalue weighted by molar-refractivity contribution is 5.95. The van der Waals surface area contributed by atoms with Gasteiger partial charge in [-0.1, -0.05) is 30.3 Å². The predicted octanol–water partition coefficient (Wildman–Crippen LogP) is 2.70. The van der Waals surface area contributed by atoms with Crippen LogP contribution in [0.15, 0.2) is 48.5 Å². The number of hydrogen-bond acceptors (Lipinski definition) is 4. The Labute approximate surface area is 143 Å². The molecule has 2 aromatic carbocycles. The molecule has 0 spiro atoms. The predicted molar refractivity (Wildman–Crippen MR) is 94.4 cm³/mol. The summed E-state index contributed by atoms with van der Waals surface area (Å²) in [4.78, 5) is 14.7. The van der Waals surface area contributed by atoms with Crippen LogP contribution in [-0.2, 0) is 6.54 Å². The number of carbonyl (C=O) groups is 1. The number of benzene rings is 2. The smallest absolute Gasteiger partial charge is 0.254 e. The lowest BCUT2D eigenvalue weighted by Crippen LogP contribution is -2.32. The molecule has 1 amide bonds. The van der Waals surface area contributed by atoms with E-state index >= 15 is 0 Å². The first-order chi connectivity index (χ1) is 11.7. The first-order valence-electron chi connectivity index (χ1n) is 7.95. The first-order valence-corrected chi connectivity index (χ1v) is 7.95. The molecule has 24 heavy (non-hydrogen) atoms. The van der Waals surface area contributed by atoms with Crippen molar-refractivity contribution in [1.29, 1.82) is 0 Å². The molecule has 2 rings (SSSR count). The highest BCUT2D eigenvalue weighted by Gasteiger charge is 2.18. The Morgan fingerprint density at radius 1 is 1.04 bits per heavy atom. The largest absolute Gasteiger partial charge is 0.493 e. The molecule has 0 bridgehead atoms. The topological polar surface area (TPSA) is 64.8 Å². The molecular formula is C19H24N2O3. The van der Waals surface area contributed by atoms with Crippen LogP contribution < -0.4 is 15.2 Å². The molecule has 0 aliphatic heterocycles. The van der Waals surface area contributed by atoms with Gasteiger partial charge in [0.2, 0.25) is 0 Å². The zero-order valence-corrected chi connectivity index (χ0v) is 14.2. The van der Waals surface area contributed by atoms with Crippen molar-refractivity contribution >= 4 is 5.91 Å². The van der Waals surface area contributed by atoms with Gasteiger partial charge >= 0.3 is 0 Å². The molecule has 0 aliphatic carbocycles. The molecular weight excluding hydrogens is 304 g/mol. The number of rotatable bonds is 8. The molecule has 5 heteroatoms. The number of carbonyl (C=O) groups excluding carboxylic acids is 1. The minimum absolute atomic E-state index is 0.0479. The lowest BCUT2D eigenvalue weighted by Gasteiger charge is -2.23. The van der Waals surface area contributed by atoms with Gasteiger partial charge in [-0.15, -0.1) is 0 Å². The molecule has 0 aromatic heterocycles. The molecule has 2 aromatic rings. The number of nitrogens with two attached hydrogens (primary N) is 1. The van der Waals surface area contributed by atoms with Gasteiger partial charge in [0.05, 0.1) is 14.2 Å². The van der Waals surface area contributed by atoms with Crippen LogP contribution in [0.2, 0.25) is 0 Å². The molecule has 0 fully saturated rings. The highest BCUT2D eigenvalue weighted by Crippen LogP contribution is 2.28. The van der Waals surface area contributed by atoms with E-state index in [2.05, 4.69) is 0 Å². The SMILES string of the molecule is COc1ccc(C(=O)N(CCCN)Cc2ccccc2)cc1OC. The lowest BCUT2D eigenvalue weighted by molar-refractivity contribution is 0.0742. The number of amides is 1. The van der Waals surface area contributed by atoms with E-state index in [-0.39, 0.29) is 5.91 Å². The third-order valence-corrected chi connectivity index (χ3v) is 3.77. The van der Waals surface area contributed by atoms with E-state index in [4.69, 9.17) is 15.2 Å². The van der Waals surface area contributed by atoms with Gasteiger partial charge in [-0.05, 0) is 36.7 Å². The summed E-state index contributed by atoms with van der Waals surface area (Å²) < 4.78 is 10.5. The quantitative estimate of drug-likeness (QED) is 0.809. The van der Waals surface area contributed by atoms with Gasteiger partial charge in [-0.3, -0.25) is 4.79 Å². The fourth-order valence-corrected chi connectivity index (χ4v) is 2.49. The van der Waals surface area contributed by atoms with Crippen LogP contribution in [0.5, 0.6) is 11.5 Å². The minimum Gasteiger partial charge on any atom is -0.493 e. The van der Waals surface area contributed by atoms with Gasteiger partial charge in [0.25, 0.3) is 5.91 Å². The van der Waals surface area contributed by atoms with E-state index in [1.165, 1.54) is 0 Å². The molecule has 0 radical (unpaired) electrons. The summed E-state index contributed by atoms with van der Waals surface area (Å²) in [5.41, 5.74) is 7.27. The fourth-order valence-electron chi connectivity index (χ4n) is 2.49. The van der Waals surface area contributed by atoms with E-state index in [0.29, 0.717) is 36.7 Å². The second-order valence-corrected chi connectivity index (χ2v) is 5.42. The average Bonchev–Trinajstić information content (AvgIpc) is 2.64. The molecule has 0 saturated heterocycles. The van der Waals surface area contributed by atoms with Crippen LogP contribution >= 0.6 is 0 Å². The summed E-state index contributed by atoms with van der Waals surface area (Å²) in [7, 11) is 3.13. The van der Waals surface area contributed by atoms with Crippen LogP contribution in [0.25, 0.3) is 0 Å². The van der Waals surface area contributed by atoms with Crippen molar-refractivity contribution in [2.45, 2.75) is 13.0 Å². The maximum Gasteiger partial charge on any atom is 0.254 e.